The standard InChI is InChI=1S/C16H19F2NO4/c17-16(18)8-6-13(7-9-16)23-14(20)10-19-15(21)22-11-12-4-2-1-3-5-12/h1-5,13H,6-11H2,(H,19,21). The molecule has 1 aromatic rings. The molecule has 0 atom stereocenters. The Labute approximate surface area is 133 Å². The summed E-state index contributed by atoms with van der Waals surface area (Å²) in [5, 5.41) is 2.27. The molecule has 0 aromatic heterocycles. The van der Waals surface area contributed by atoms with Crippen LogP contribution in [0.1, 0.15) is 31.2 Å². The molecule has 2 rings (SSSR count). The molecule has 1 saturated carbocycles. The zero-order valence-corrected chi connectivity index (χ0v) is 12.6. The van der Waals surface area contributed by atoms with Gasteiger partial charge >= 0.3 is 12.1 Å². The van der Waals surface area contributed by atoms with Crippen LogP contribution < -0.4 is 5.32 Å². The predicted octanol–water partition coefficient (Wildman–Crippen LogP) is 3.03. The van der Waals surface area contributed by atoms with Gasteiger partial charge in [-0.3, -0.25) is 4.79 Å². The minimum absolute atomic E-state index is 0.0967. The topological polar surface area (TPSA) is 64.6 Å². The average Bonchev–Trinajstić information content (AvgIpc) is 2.54. The fourth-order valence-corrected chi connectivity index (χ4v) is 2.28. The van der Waals surface area contributed by atoms with Crippen LogP contribution in [0.25, 0.3) is 0 Å². The molecule has 1 aliphatic carbocycles. The number of alkyl carbamates (subject to hydrolysis) is 1. The smallest absolute Gasteiger partial charge is 0.407 e. The molecule has 0 heterocycles. The molecule has 1 amide bonds. The van der Waals surface area contributed by atoms with Gasteiger partial charge in [0.05, 0.1) is 0 Å². The summed E-state index contributed by atoms with van der Waals surface area (Å²) < 4.78 is 36.0. The first-order valence-corrected chi connectivity index (χ1v) is 7.46. The van der Waals surface area contributed by atoms with Gasteiger partial charge in [-0.2, -0.15) is 0 Å². The number of nitrogens with one attached hydrogen (secondary N) is 1. The normalized spacial score (nSPS) is 17.3. The molecule has 1 fully saturated rings. The third kappa shape index (κ3) is 6.22. The van der Waals surface area contributed by atoms with Crippen LogP contribution in [0.4, 0.5) is 13.6 Å². The van der Waals surface area contributed by atoms with Crippen molar-refractivity contribution in [3.05, 3.63) is 35.9 Å². The molecule has 1 N–H and O–H groups in total. The molecule has 0 radical (unpaired) electrons. The monoisotopic (exact) mass is 327 g/mol. The first-order chi connectivity index (χ1) is 10.9. The maximum absolute atomic E-state index is 13.0. The molecular formula is C16H19F2NO4. The van der Waals surface area contributed by atoms with Crippen molar-refractivity contribution in [3.63, 3.8) is 0 Å². The summed E-state index contributed by atoms with van der Waals surface area (Å²) in [5.74, 6) is -3.32. The number of halogens is 2. The highest BCUT2D eigenvalue weighted by Gasteiger charge is 2.36. The van der Waals surface area contributed by atoms with Crippen molar-refractivity contribution < 1.29 is 27.8 Å². The lowest BCUT2D eigenvalue weighted by Gasteiger charge is -2.27. The third-order valence-electron chi connectivity index (χ3n) is 3.55. The summed E-state index contributed by atoms with van der Waals surface area (Å²) in [4.78, 5) is 23.0. The highest BCUT2D eigenvalue weighted by atomic mass is 19.3. The van der Waals surface area contributed by atoms with Crippen LogP contribution in [0.3, 0.4) is 0 Å². The summed E-state index contributed by atoms with van der Waals surface area (Å²) in [6.45, 7) is -0.250. The summed E-state index contributed by atoms with van der Waals surface area (Å²) in [7, 11) is 0. The van der Waals surface area contributed by atoms with Crippen LogP contribution in [0, 0.1) is 0 Å². The van der Waals surface area contributed by atoms with Crippen molar-refractivity contribution in [1.82, 2.24) is 5.32 Å². The second-order valence-corrected chi connectivity index (χ2v) is 5.46. The van der Waals surface area contributed by atoms with Gasteiger partial charge in [-0.05, 0) is 18.4 Å². The maximum atomic E-state index is 13.0. The van der Waals surface area contributed by atoms with E-state index >= 15 is 0 Å². The number of hydrogen-bond donors (Lipinski definition) is 1. The Morgan fingerprint density at radius 3 is 2.48 bits per heavy atom. The van der Waals surface area contributed by atoms with Crippen LogP contribution in [0.2, 0.25) is 0 Å². The van der Waals surface area contributed by atoms with Gasteiger partial charge in [0.2, 0.25) is 5.92 Å². The molecule has 5 nitrogen and oxygen atoms in total. The van der Waals surface area contributed by atoms with E-state index in [1.54, 1.807) is 12.1 Å². The lowest BCUT2D eigenvalue weighted by molar-refractivity contribution is -0.154. The highest BCUT2D eigenvalue weighted by molar-refractivity contribution is 5.77. The summed E-state index contributed by atoms with van der Waals surface area (Å²) >= 11 is 0. The van der Waals surface area contributed by atoms with Gasteiger partial charge in [0.25, 0.3) is 0 Å². The van der Waals surface area contributed by atoms with Crippen molar-refractivity contribution in [2.75, 3.05) is 6.54 Å². The first kappa shape index (κ1) is 17.2. The van der Waals surface area contributed by atoms with Crippen molar-refractivity contribution in [3.8, 4) is 0 Å². The van der Waals surface area contributed by atoms with E-state index in [9.17, 15) is 18.4 Å². The number of esters is 1. The quantitative estimate of drug-likeness (QED) is 0.844. The van der Waals surface area contributed by atoms with Crippen LogP contribution in [0.15, 0.2) is 30.3 Å². The van der Waals surface area contributed by atoms with Crippen LogP contribution >= 0.6 is 0 Å². The van der Waals surface area contributed by atoms with Gasteiger partial charge in [0, 0.05) is 12.8 Å². The molecule has 0 aliphatic heterocycles. The molecule has 7 heteroatoms. The summed E-state index contributed by atoms with van der Waals surface area (Å²) in [5.41, 5.74) is 0.827. The Morgan fingerprint density at radius 2 is 1.83 bits per heavy atom. The van der Waals surface area contributed by atoms with E-state index in [1.807, 2.05) is 18.2 Å². The molecule has 0 spiro atoms. The van der Waals surface area contributed by atoms with Crippen LogP contribution in [0.5, 0.6) is 0 Å². The molecule has 126 valence electrons. The highest BCUT2D eigenvalue weighted by Crippen LogP contribution is 2.34. The van der Waals surface area contributed by atoms with Crippen LogP contribution in [-0.2, 0) is 20.9 Å². The van der Waals surface area contributed by atoms with Crippen molar-refractivity contribution in [1.29, 1.82) is 0 Å². The van der Waals surface area contributed by atoms with E-state index in [4.69, 9.17) is 9.47 Å². The van der Waals surface area contributed by atoms with Crippen molar-refractivity contribution in [2.24, 2.45) is 0 Å². The first-order valence-electron chi connectivity index (χ1n) is 7.46. The molecule has 1 aliphatic rings. The van der Waals surface area contributed by atoms with Crippen molar-refractivity contribution >= 4 is 12.1 Å². The fourth-order valence-electron chi connectivity index (χ4n) is 2.28. The van der Waals surface area contributed by atoms with Gasteiger partial charge in [-0.15, -0.1) is 0 Å². The second-order valence-electron chi connectivity index (χ2n) is 5.46. The van der Waals surface area contributed by atoms with Gasteiger partial charge in [0.1, 0.15) is 19.3 Å². The number of rotatable bonds is 5. The predicted molar refractivity (Wildman–Crippen MR) is 77.9 cm³/mol. The molecular weight excluding hydrogens is 308 g/mol. The van der Waals surface area contributed by atoms with E-state index in [1.165, 1.54) is 0 Å². The van der Waals surface area contributed by atoms with E-state index < -0.39 is 24.1 Å². The molecule has 0 saturated heterocycles. The minimum Gasteiger partial charge on any atom is -0.461 e. The molecule has 0 unspecified atom stereocenters. The molecule has 23 heavy (non-hydrogen) atoms. The van der Waals surface area contributed by atoms with E-state index in [0.717, 1.165) is 5.56 Å². The molecule has 1 aromatic carbocycles. The number of benzene rings is 1. The SMILES string of the molecule is O=C(CNC(=O)OCc1ccccc1)OC1CCC(F)(F)CC1. The zero-order valence-electron chi connectivity index (χ0n) is 12.6. The van der Waals surface area contributed by atoms with Gasteiger partial charge in [0.15, 0.2) is 0 Å². The van der Waals surface area contributed by atoms with Gasteiger partial charge in [-0.1, -0.05) is 30.3 Å². The lowest BCUT2D eigenvalue weighted by atomic mass is 9.94. The number of carbonyl (C=O) groups is 2. The van der Waals surface area contributed by atoms with E-state index in [-0.39, 0.29) is 38.8 Å². The number of carbonyl (C=O) groups excluding carboxylic acids is 2. The second kappa shape index (κ2) is 7.89. The number of hydrogen-bond acceptors (Lipinski definition) is 4. The van der Waals surface area contributed by atoms with E-state index in [2.05, 4.69) is 5.32 Å². The minimum atomic E-state index is -2.66. The largest absolute Gasteiger partial charge is 0.461 e. The fraction of sp³-hybridized carbons (Fsp3) is 0.500. The Balaban J connectivity index is 1.61. The van der Waals surface area contributed by atoms with Crippen molar-refractivity contribution in [2.45, 2.75) is 44.3 Å². The Kier molecular flexibility index (Phi) is 5.90. The van der Waals surface area contributed by atoms with E-state index in [0.29, 0.717) is 0 Å². The summed E-state index contributed by atoms with van der Waals surface area (Å²) in [6.07, 6.45) is -1.53. The average molecular weight is 327 g/mol. The number of ether oxygens (including phenoxy) is 2. The maximum Gasteiger partial charge on any atom is 0.407 e. The number of alkyl halides is 2. The third-order valence-corrected chi connectivity index (χ3v) is 3.55. The van der Waals surface area contributed by atoms with Crippen LogP contribution in [-0.4, -0.2) is 30.6 Å². The van der Waals surface area contributed by atoms with Gasteiger partial charge in [-0.25, -0.2) is 13.6 Å². The Hall–Kier alpha value is -2.18. The lowest BCUT2D eigenvalue weighted by Crippen LogP contribution is -2.35. The zero-order chi connectivity index (χ0) is 16.7. The summed E-state index contributed by atoms with van der Waals surface area (Å²) in [6, 6.07) is 9.10. The Morgan fingerprint density at radius 1 is 1.17 bits per heavy atom. The van der Waals surface area contributed by atoms with Gasteiger partial charge < -0.3 is 14.8 Å². The Bertz CT molecular complexity index is 526. The number of amides is 1. The molecule has 0 bridgehead atoms.